The number of carbonyl (C=O) groups is 1. The zero-order valence-electron chi connectivity index (χ0n) is 10.5. The van der Waals surface area contributed by atoms with Gasteiger partial charge in [0.1, 0.15) is 10.7 Å². The highest BCUT2D eigenvalue weighted by Gasteiger charge is 2.13. The Bertz CT molecular complexity index is 522. The van der Waals surface area contributed by atoms with Gasteiger partial charge in [-0.2, -0.15) is 0 Å². The standard InChI is InChI=1S/C14H16N2OS/c1-3-10(2)15-13(17)12-9-18-14(16-12)11-7-5-4-6-8-11/h4-10H,3H2,1-2H3,(H,15,17). The van der Waals surface area contributed by atoms with Crippen LogP contribution in [0.3, 0.4) is 0 Å². The van der Waals surface area contributed by atoms with Crippen LogP contribution in [0.5, 0.6) is 0 Å². The summed E-state index contributed by atoms with van der Waals surface area (Å²) < 4.78 is 0. The highest BCUT2D eigenvalue weighted by atomic mass is 32.1. The summed E-state index contributed by atoms with van der Waals surface area (Å²) >= 11 is 1.49. The van der Waals surface area contributed by atoms with Crippen LogP contribution in [0.25, 0.3) is 10.6 Å². The molecule has 0 saturated carbocycles. The summed E-state index contributed by atoms with van der Waals surface area (Å²) in [4.78, 5) is 16.3. The summed E-state index contributed by atoms with van der Waals surface area (Å²) in [7, 11) is 0. The monoisotopic (exact) mass is 260 g/mol. The highest BCUT2D eigenvalue weighted by Crippen LogP contribution is 2.23. The lowest BCUT2D eigenvalue weighted by Gasteiger charge is -2.09. The van der Waals surface area contributed by atoms with E-state index in [0.717, 1.165) is 17.0 Å². The number of hydrogen-bond donors (Lipinski definition) is 1. The van der Waals surface area contributed by atoms with Crippen LogP contribution in [0.4, 0.5) is 0 Å². The predicted octanol–water partition coefficient (Wildman–Crippen LogP) is 3.34. The predicted molar refractivity (Wildman–Crippen MR) is 74.8 cm³/mol. The molecule has 0 saturated heterocycles. The summed E-state index contributed by atoms with van der Waals surface area (Å²) in [5.41, 5.74) is 1.55. The Balaban J connectivity index is 2.13. The van der Waals surface area contributed by atoms with Gasteiger partial charge in [0.25, 0.3) is 5.91 Å². The fraction of sp³-hybridized carbons (Fsp3) is 0.286. The molecule has 0 radical (unpaired) electrons. The second-order valence-electron chi connectivity index (χ2n) is 4.19. The lowest BCUT2D eigenvalue weighted by atomic mass is 10.2. The first-order valence-electron chi connectivity index (χ1n) is 6.02. The van der Waals surface area contributed by atoms with Crippen LogP contribution in [0.2, 0.25) is 0 Å². The fourth-order valence-electron chi connectivity index (χ4n) is 1.49. The summed E-state index contributed by atoms with van der Waals surface area (Å²) in [6, 6.07) is 10.1. The largest absolute Gasteiger partial charge is 0.348 e. The quantitative estimate of drug-likeness (QED) is 0.916. The molecule has 1 aromatic heterocycles. The van der Waals surface area contributed by atoms with E-state index in [1.165, 1.54) is 11.3 Å². The number of rotatable bonds is 4. The van der Waals surface area contributed by atoms with E-state index in [9.17, 15) is 4.79 Å². The Morgan fingerprint density at radius 2 is 2.11 bits per heavy atom. The first-order valence-corrected chi connectivity index (χ1v) is 6.90. The van der Waals surface area contributed by atoms with Gasteiger partial charge in [-0.05, 0) is 13.3 Å². The van der Waals surface area contributed by atoms with E-state index < -0.39 is 0 Å². The van der Waals surface area contributed by atoms with Gasteiger partial charge in [0.05, 0.1) is 0 Å². The molecule has 18 heavy (non-hydrogen) atoms. The molecule has 4 heteroatoms. The molecule has 0 fully saturated rings. The van der Waals surface area contributed by atoms with Crippen molar-refractivity contribution >= 4 is 17.2 Å². The maximum absolute atomic E-state index is 11.9. The van der Waals surface area contributed by atoms with Crippen LogP contribution >= 0.6 is 11.3 Å². The van der Waals surface area contributed by atoms with Crippen molar-refractivity contribution in [2.24, 2.45) is 0 Å². The van der Waals surface area contributed by atoms with Crippen molar-refractivity contribution in [3.8, 4) is 10.6 Å². The molecular formula is C14H16N2OS. The molecule has 1 unspecified atom stereocenters. The van der Waals surface area contributed by atoms with Gasteiger partial charge in [0, 0.05) is 17.0 Å². The lowest BCUT2D eigenvalue weighted by Crippen LogP contribution is -2.32. The SMILES string of the molecule is CCC(C)NC(=O)c1csc(-c2ccccc2)n1. The Kier molecular flexibility index (Phi) is 4.10. The molecule has 0 bridgehead atoms. The van der Waals surface area contributed by atoms with E-state index in [1.807, 2.05) is 44.2 Å². The summed E-state index contributed by atoms with van der Waals surface area (Å²) in [5.74, 6) is -0.0946. The van der Waals surface area contributed by atoms with E-state index >= 15 is 0 Å². The molecule has 1 atom stereocenters. The molecule has 0 aliphatic rings. The van der Waals surface area contributed by atoms with Crippen molar-refractivity contribution in [1.82, 2.24) is 10.3 Å². The molecule has 0 spiro atoms. The lowest BCUT2D eigenvalue weighted by molar-refractivity contribution is 0.0935. The minimum Gasteiger partial charge on any atom is -0.348 e. The molecule has 1 aromatic carbocycles. The molecule has 3 nitrogen and oxygen atoms in total. The van der Waals surface area contributed by atoms with Gasteiger partial charge in [-0.3, -0.25) is 4.79 Å². The molecule has 2 rings (SSSR count). The third-order valence-corrected chi connectivity index (χ3v) is 3.64. The smallest absolute Gasteiger partial charge is 0.270 e. The van der Waals surface area contributed by atoms with Crippen LogP contribution in [0.15, 0.2) is 35.7 Å². The highest BCUT2D eigenvalue weighted by molar-refractivity contribution is 7.13. The molecule has 0 aliphatic carbocycles. The molecule has 1 N–H and O–H groups in total. The normalized spacial score (nSPS) is 12.1. The topological polar surface area (TPSA) is 42.0 Å². The summed E-state index contributed by atoms with van der Waals surface area (Å²) in [6.45, 7) is 4.03. The van der Waals surface area contributed by atoms with E-state index in [4.69, 9.17) is 0 Å². The summed E-state index contributed by atoms with van der Waals surface area (Å²) in [5, 5.41) is 5.60. The molecule has 94 valence electrons. The molecule has 0 aliphatic heterocycles. The molecule has 1 heterocycles. The Morgan fingerprint density at radius 1 is 1.39 bits per heavy atom. The fourth-order valence-corrected chi connectivity index (χ4v) is 2.30. The van der Waals surface area contributed by atoms with Gasteiger partial charge in [-0.25, -0.2) is 4.98 Å². The molecule has 1 amide bonds. The van der Waals surface area contributed by atoms with Gasteiger partial charge >= 0.3 is 0 Å². The second-order valence-corrected chi connectivity index (χ2v) is 5.04. The van der Waals surface area contributed by atoms with Gasteiger partial charge in [0.2, 0.25) is 0 Å². The first kappa shape index (κ1) is 12.8. The van der Waals surface area contributed by atoms with Crippen molar-refractivity contribution < 1.29 is 4.79 Å². The van der Waals surface area contributed by atoms with E-state index in [2.05, 4.69) is 10.3 Å². The van der Waals surface area contributed by atoms with Gasteiger partial charge < -0.3 is 5.32 Å². The summed E-state index contributed by atoms with van der Waals surface area (Å²) in [6.07, 6.45) is 0.918. The Labute approximate surface area is 111 Å². The average Bonchev–Trinajstić information content (AvgIpc) is 2.89. The maximum atomic E-state index is 11.9. The van der Waals surface area contributed by atoms with Crippen LogP contribution in [-0.4, -0.2) is 16.9 Å². The number of hydrogen-bond acceptors (Lipinski definition) is 3. The maximum Gasteiger partial charge on any atom is 0.270 e. The van der Waals surface area contributed by atoms with Crippen LogP contribution in [0, 0.1) is 0 Å². The zero-order valence-corrected chi connectivity index (χ0v) is 11.3. The Hall–Kier alpha value is -1.68. The van der Waals surface area contributed by atoms with Crippen molar-refractivity contribution in [2.45, 2.75) is 26.3 Å². The molecular weight excluding hydrogens is 244 g/mol. The number of aromatic nitrogens is 1. The van der Waals surface area contributed by atoms with Crippen LogP contribution < -0.4 is 5.32 Å². The van der Waals surface area contributed by atoms with E-state index in [1.54, 1.807) is 5.38 Å². The van der Waals surface area contributed by atoms with Crippen molar-refractivity contribution in [1.29, 1.82) is 0 Å². The zero-order chi connectivity index (χ0) is 13.0. The number of nitrogens with one attached hydrogen (secondary N) is 1. The third-order valence-electron chi connectivity index (χ3n) is 2.75. The minimum absolute atomic E-state index is 0.0946. The van der Waals surface area contributed by atoms with Crippen LogP contribution in [-0.2, 0) is 0 Å². The van der Waals surface area contributed by atoms with E-state index in [-0.39, 0.29) is 11.9 Å². The first-order chi connectivity index (χ1) is 8.70. The number of thiazole rings is 1. The number of benzene rings is 1. The van der Waals surface area contributed by atoms with Gasteiger partial charge in [-0.1, -0.05) is 37.3 Å². The van der Waals surface area contributed by atoms with Crippen molar-refractivity contribution in [3.05, 3.63) is 41.4 Å². The second kappa shape index (κ2) is 5.78. The van der Waals surface area contributed by atoms with Crippen molar-refractivity contribution in [3.63, 3.8) is 0 Å². The molecule has 2 aromatic rings. The third kappa shape index (κ3) is 2.96. The Morgan fingerprint density at radius 3 is 2.78 bits per heavy atom. The number of nitrogens with zero attached hydrogens (tertiary/aromatic N) is 1. The number of carbonyl (C=O) groups excluding carboxylic acids is 1. The van der Waals surface area contributed by atoms with E-state index in [0.29, 0.717) is 5.69 Å². The average molecular weight is 260 g/mol. The number of amides is 1. The van der Waals surface area contributed by atoms with Crippen molar-refractivity contribution in [2.75, 3.05) is 0 Å². The van der Waals surface area contributed by atoms with Crippen LogP contribution in [0.1, 0.15) is 30.8 Å². The van der Waals surface area contributed by atoms with Gasteiger partial charge in [-0.15, -0.1) is 11.3 Å². The van der Waals surface area contributed by atoms with Gasteiger partial charge in [0.15, 0.2) is 0 Å². The minimum atomic E-state index is -0.0946.